The van der Waals surface area contributed by atoms with Crippen LogP contribution in [0.4, 0.5) is 5.69 Å². The average Bonchev–Trinajstić information content (AvgIpc) is 3.17. The lowest BCUT2D eigenvalue weighted by molar-refractivity contribution is -0.119. The zero-order valence-electron chi connectivity index (χ0n) is 20.4. The fraction of sp³-hybridized carbons (Fsp3) is 0.111. The van der Waals surface area contributed by atoms with Gasteiger partial charge in [0.05, 0.1) is 27.5 Å². The summed E-state index contributed by atoms with van der Waals surface area (Å²) in [7, 11) is -4.02. The highest BCUT2D eigenvalue weighted by molar-refractivity contribution is 9.10. The normalized spacial score (nSPS) is 11.6. The number of nitrogens with one attached hydrogen (secondary N) is 1. The van der Waals surface area contributed by atoms with Gasteiger partial charge in [-0.2, -0.15) is 5.10 Å². The number of carbonyl (C=O) groups excluding carboxylic acids is 1. The molecule has 0 radical (unpaired) electrons. The number of benzene rings is 3. The SMILES string of the molecule is Cc1cc(/C=N\NC(=O)CN(c2cccc(Br)c2)S(=O)(=O)c2ccccc2)c(C)n1-c1cc(Cl)ccc1Cl. The molecule has 0 unspecified atom stereocenters. The van der Waals surface area contributed by atoms with Gasteiger partial charge in [-0.3, -0.25) is 9.10 Å². The summed E-state index contributed by atoms with van der Waals surface area (Å²) < 4.78 is 30.5. The molecule has 0 bridgehead atoms. The van der Waals surface area contributed by atoms with E-state index in [1.807, 2.05) is 24.5 Å². The Kier molecular flexibility index (Phi) is 8.62. The summed E-state index contributed by atoms with van der Waals surface area (Å²) in [6.45, 7) is 3.35. The molecule has 0 spiro atoms. The van der Waals surface area contributed by atoms with Crippen LogP contribution in [-0.2, 0) is 14.8 Å². The summed E-state index contributed by atoms with van der Waals surface area (Å²) in [5.41, 5.74) is 6.00. The molecule has 1 heterocycles. The lowest BCUT2D eigenvalue weighted by atomic mass is 10.2. The molecule has 0 aliphatic carbocycles. The van der Waals surface area contributed by atoms with Crippen LogP contribution in [0.25, 0.3) is 5.69 Å². The van der Waals surface area contributed by atoms with Crippen molar-refractivity contribution in [3.8, 4) is 5.69 Å². The highest BCUT2D eigenvalue weighted by Gasteiger charge is 2.27. The number of anilines is 1. The second-order valence-corrected chi connectivity index (χ2v) is 12.0. The zero-order valence-corrected chi connectivity index (χ0v) is 24.3. The van der Waals surface area contributed by atoms with Crippen LogP contribution in [0.3, 0.4) is 0 Å². The van der Waals surface area contributed by atoms with Crippen LogP contribution in [0.5, 0.6) is 0 Å². The van der Waals surface area contributed by atoms with Gasteiger partial charge in [-0.05, 0) is 68.4 Å². The van der Waals surface area contributed by atoms with E-state index in [4.69, 9.17) is 23.2 Å². The van der Waals surface area contributed by atoms with Crippen molar-refractivity contribution < 1.29 is 13.2 Å². The molecule has 1 aromatic heterocycles. The Morgan fingerprint density at radius 3 is 2.47 bits per heavy atom. The van der Waals surface area contributed by atoms with E-state index in [-0.39, 0.29) is 4.90 Å². The topological polar surface area (TPSA) is 83.8 Å². The molecular formula is C27H23BrCl2N4O3S. The van der Waals surface area contributed by atoms with E-state index in [9.17, 15) is 13.2 Å². The maximum Gasteiger partial charge on any atom is 0.264 e. The van der Waals surface area contributed by atoms with E-state index < -0.39 is 22.5 Å². The summed E-state index contributed by atoms with van der Waals surface area (Å²) in [6, 6.07) is 21.8. The summed E-state index contributed by atoms with van der Waals surface area (Å²) in [6.07, 6.45) is 1.50. The summed E-state index contributed by atoms with van der Waals surface area (Å²) >= 11 is 15.9. The minimum Gasteiger partial charge on any atom is -0.316 e. The third kappa shape index (κ3) is 6.13. The van der Waals surface area contributed by atoms with Crippen molar-refractivity contribution in [1.29, 1.82) is 0 Å². The zero-order chi connectivity index (χ0) is 27.4. The van der Waals surface area contributed by atoms with E-state index in [0.29, 0.717) is 20.2 Å². The Morgan fingerprint density at radius 1 is 1.03 bits per heavy atom. The number of aryl methyl sites for hydroxylation is 1. The second-order valence-electron chi connectivity index (χ2n) is 8.36. The van der Waals surface area contributed by atoms with E-state index in [0.717, 1.165) is 26.9 Å². The number of amides is 1. The first-order chi connectivity index (χ1) is 18.1. The van der Waals surface area contributed by atoms with Crippen molar-refractivity contribution in [2.45, 2.75) is 18.7 Å². The van der Waals surface area contributed by atoms with Gasteiger partial charge in [0.1, 0.15) is 6.54 Å². The molecular weight excluding hydrogens is 611 g/mol. The first-order valence-electron chi connectivity index (χ1n) is 11.4. The number of rotatable bonds is 8. The molecule has 11 heteroatoms. The predicted molar refractivity (Wildman–Crippen MR) is 156 cm³/mol. The average molecular weight is 634 g/mol. The molecule has 0 fully saturated rings. The van der Waals surface area contributed by atoms with Gasteiger partial charge in [-0.25, -0.2) is 13.8 Å². The van der Waals surface area contributed by atoms with E-state index in [1.54, 1.807) is 60.7 Å². The largest absolute Gasteiger partial charge is 0.316 e. The van der Waals surface area contributed by atoms with Gasteiger partial charge in [-0.15, -0.1) is 0 Å². The Hall–Kier alpha value is -3.11. The standard InChI is InChI=1S/C27H23BrCl2N4O3S/c1-18-13-20(19(2)34(18)26-15-22(29)11-12-25(26)30)16-31-32-27(35)17-33(23-8-6-7-21(28)14-23)38(36,37)24-9-4-3-5-10-24/h3-16H,17H2,1-2H3,(H,32,35)/b31-16-. The minimum absolute atomic E-state index is 0.0726. The van der Waals surface area contributed by atoms with Gasteiger partial charge in [0, 0.05) is 26.4 Å². The van der Waals surface area contributed by atoms with E-state index in [1.165, 1.54) is 18.3 Å². The molecule has 4 rings (SSSR count). The number of sulfonamides is 1. The van der Waals surface area contributed by atoms with Crippen LogP contribution in [0, 0.1) is 13.8 Å². The molecule has 7 nitrogen and oxygen atoms in total. The highest BCUT2D eigenvalue weighted by Crippen LogP contribution is 2.29. The first kappa shape index (κ1) is 27.9. The maximum absolute atomic E-state index is 13.4. The molecule has 3 aromatic carbocycles. The number of carbonyl (C=O) groups is 1. The second kappa shape index (κ2) is 11.7. The van der Waals surface area contributed by atoms with Crippen LogP contribution in [-0.4, -0.2) is 31.7 Å². The quantitative estimate of drug-likeness (QED) is 0.177. The smallest absolute Gasteiger partial charge is 0.264 e. The van der Waals surface area contributed by atoms with Gasteiger partial charge in [0.2, 0.25) is 0 Å². The van der Waals surface area contributed by atoms with Gasteiger partial charge in [0.25, 0.3) is 15.9 Å². The van der Waals surface area contributed by atoms with Crippen LogP contribution in [0.15, 0.2) is 93.3 Å². The van der Waals surface area contributed by atoms with Gasteiger partial charge in [-0.1, -0.05) is 63.4 Å². The number of halogens is 3. The fourth-order valence-electron chi connectivity index (χ4n) is 3.95. The van der Waals surface area contributed by atoms with Crippen LogP contribution < -0.4 is 9.73 Å². The molecule has 0 aliphatic rings. The Labute approximate surface area is 239 Å². The van der Waals surface area contributed by atoms with Gasteiger partial charge >= 0.3 is 0 Å². The minimum atomic E-state index is -4.02. The molecule has 196 valence electrons. The Bertz CT molecular complexity index is 1620. The van der Waals surface area contributed by atoms with E-state index in [2.05, 4.69) is 26.5 Å². The van der Waals surface area contributed by atoms with Crippen LogP contribution in [0.1, 0.15) is 17.0 Å². The van der Waals surface area contributed by atoms with Crippen molar-refractivity contribution >= 4 is 67.0 Å². The van der Waals surface area contributed by atoms with Crippen LogP contribution >= 0.6 is 39.1 Å². The number of aromatic nitrogens is 1. The molecule has 0 atom stereocenters. The third-order valence-electron chi connectivity index (χ3n) is 5.73. The molecule has 0 saturated carbocycles. The first-order valence-corrected chi connectivity index (χ1v) is 14.4. The van der Waals surface area contributed by atoms with Crippen molar-refractivity contribution in [2.75, 3.05) is 10.8 Å². The fourth-order valence-corrected chi connectivity index (χ4v) is 6.14. The monoisotopic (exact) mass is 632 g/mol. The molecule has 38 heavy (non-hydrogen) atoms. The van der Waals surface area contributed by atoms with Crippen molar-refractivity contribution in [3.05, 3.63) is 110 Å². The number of nitrogens with zero attached hydrogens (tertiary/aromatic N) is 3. The lowest BCUT2D eigenvalue weighted by Crippen LogP contribution is -2.39. The van der Waals surface area contributed by atoms with Crippen molar-refractivity contribution in [2.24, 2.45) is 5.10 Å². The lowest BCUT2D eigenvalue weighted by Gasteiger charge is -2.23. The molecule has 1 N–H and O–H groups in total. The summed E-state index contributed by atoms with van der Waals surface area (Å²) in [5.74, 6) is -0.604. The van der Waals surface area contributed by atoms with Crippen molar-refractivity contribution in [3.63, 3.8) is 0 Å². The predicted octanol–water partition coefficient (Wildman–Crippen LogP) is 6.51. The summed E-state index contributed by atoms with van der Waals surface area (Å²) in [4.78, 5) is 12.9. The maximum atomic E-state index is 13.4. The molecule has 0 aliphatic heterocycles. The molecule has 4 aromatic rings. The van der Waals surface area contributed by atoms with Gasteiger partial charge in [0.15, 0.2) is 0 Å². The van der Waals surface area contributed by atoms with E-state index >= 15 is 0 Å². The number of hydrazone groups is 1. The number of hydrogen-bond donors (Lipinski definition) is 1. The van der Waals surface area contributed by atoms with Gasteiger partial charge < -0.3 is 4.57 Å². The highest BCUT2D eigenvalue weighted by atomic mass is 79.9. The third-order valence-corrected chi connectivity index (χ3v) is 8.56. The molecule has 0 saturated heterocycles. The summed E-state index contributed by atoms with van der Waals surface area (Å²) in [5, 5.41) is 5.18. The van der Waals surface area contributed by atoms with Crippen molar-refractivity contribution in [1.82, 2.24) is 9.99 Å². The molecule has 1 amide bonds. The number of hydrogen-bond acceptors (Lipinski definition) is 4. The Balaban J connectivity index is 1.56. The van der Waals surface area contributed by atoms with Crippen LogP contribution in [0.2, 0.25) is 10.0 Å². The Morgan fingerprint density at radius 2 is 1.76 bits per heavy atom.